The zero-order valence-corrected chi connectivity index (χ0v) is 11.6. The summed E-state index contributed by atoms with van der Waals surface area (Å²) in [7, 11) is 0. The van der Waals surface area contributed by atoms with Crippen molar-refractivity contribution in [2.45, 2.75) is 13.5 Å². The highest BCUT2D eigenvalue weighted by Gasteiger charge is 2.05. The third-order valence-electron chi connectivity index (χ3n) is 3.32. The van der Waals surface area contributed by atoms with Gasteiger partial charge in [-0.25, -0.2) is 0 Å². The topological polar surface area (TPSA) is 77.8 Å². The van der Waals surface area contributed by atoms with Gasteiger partial charge >= 0.3 is 0 Å². The van der Waals surface area contributed by atoms with E-state index in [-0.39, 0.29) is 11.5 Å². The highest BCUT2D eigenvalue weighted by Crippen LogP contribution is 2.16. The summed E-state index contributed by atoms with van der Waals surface area (Å²) in [5.74, 6) is -0.211. The van der Waals surface area contributed by atoms with Gasteiger partial charge in [-0.05, 0) is 42.1 Å². The summed E-state index contributed by atoms with van der Waals surface area (Å²) in [4.78, 5) is 28.7. The molecule has 106 valence electrons. The van der Waals surface area contributed by atoms with Crippen LogP contribution in [0.25, 0.3) is 10.9 Å². The lowest BCUT2D eigenvalue weighted by Gasteiger charge is -2.05. The Labute approximate surface area is 121 Å². The van der Waals surface area contributed by atoms with Gasteiger partial charge in [0.2, 0.25) is 5.56 Å². The van der Waals surface area contributed by atoms with Gasteiger partial charge in [0.25, 0.3) is 5.91 Å². The molecule has 0 fully saturated rings. The van der Waals surface area contributed by atoms with Gasteiger partial charge in [0.05, 0.1) is 5.56 Å². The van der Waals surface area contributed by atoms with E-state index in [2.05, 4.69) is 21.4 Å². The first-order valence-corrected chi connectivity index (χ1v) is 6.67. The van der Waals surface area contributed by atoms with Crippen LogP contribution in [0.2, 0.25) is 0 Å². The van der Waals surface area contributed by atoms with E-state index >= 15 is 0 Å². The van der Waals surface area contributed by atoms with Crippen molar-refractivity contribution in [2.24, 2.45) is 0 Å². The Balaban J connectivity index is 1.72. The molecule has 1 aromatic carbocycles. The van der Waals surface area contributed by atoms with E-state index in [1.54, 1.807) is 0 Å². The lowest BCUT2D eigenvalue weighted by molar-refractivity contribution is 0.0950. The number of aryl methyl sites for hydroxylation is 1. The molecule has 0 aliphatic carbocycles. The van der Waals surface area contributed by atoms with Crippen LogP contribution in [0, 0.1) is 6.92 Å². The monoisotopic (exact) mass is 281 g/mol. The van der Waals surface area contributed by atoms with Crippen molar-refractivity contribution in [2.75, 3.05) is 0 Å². The van der Waals surface area contributed by atoms with Crippen molar-refractivity contribution >= 4 is 16.8 Å². The van der Waals surface area contributed by atoms with E-state index in [4.69, 9.17) is 0 Å². The molecule has 1 amide bonds. The van der Waals surface area contributed by atoms with Crippen LogP contribution < -0.4 is 10.9 Å². The Morgan fingerprint density at radius 2 is 2.05 bits per heavy atom. The number of aromatic amines is 2. The van der Waals surface area contributed by atoms with Crippen LogP contribution in [0.4, 0.5) is 0 Å². The summed E-state index contributed by atoms with van der Waals surface area (Å²) >= 11 is 0. The van der Waals surface area contributed by atoms with Crippen LogP contribution in [0.1, 0.15) is 21.6 Å². The first-order valence-electron chi connectivity index (χ1n) is 6.67. The van der Waals surface area contributed by atoms with E-state index in [0.717, 1.165) is 22.2 Å². The third-order valence-corrected chi connectivity index (χ3v) is 3.32. The first-order chi connectivity index (χ1) is 10.1. The Morgan fingerprint density at radius 3 is 2.81 bits per heavy atom. The molecule has 0 aliphatic rings. The number of pyridine rings is 1. The SMILES string of the molecule is Cc1cc2cc(CNC(=O)c3ccc(=O)[nH]c3)ccc2[nH]1. The minimum Gasteiger partial charge on any atom is -0.359 e. The number of amides is 1. The molecule has 0 radical (unpaired) electrons. The number of carbonyl (C=O) groups excluding carboxylic acids is 1. The predicted molar refractivity (Wildman–Crippen MR) is 81.3 cm³/mol. The minimum atomic E-state index is -0.222. The molecule has 0 saturated carbocycles. The van der Waals surface area contributed by atoms with Gasteiger partial charge in [0.1, 0.15) is 0 Å². The summed E-state index contributed by atoms with van der Waals surface area (Å²) in [5.41, 5.74) is 3.44. The minimum absolute atomic E-state index is 0.211. The van der Waals surface area contributed by atoms with Crippen LogP contribution in [-0.2, 0) is 6.54 Å². The molecule has 0 bridgehead atoms. The van der Waals surface area contributed by atoms with E-state index in [0.29, 0.717) is 12.1 Å². The molecule has 5 nitrogen and oxygen atoms in total. The van der Waals surface area contributed by atoms with Crippen LogP contribution in [-0.4, -0.2) is 15.9 Å². The van der Waals surface area contributed by atoms with E-state index < -0.39 is 0 Å². The van der Waals surface area contributed by atoms with Crippen molar-refractivity contribution in [1.82, 2.24) is 15.3 Å². The average molecular weight is 281 g/mol. The fourth-order valence-corrected chi connectivity index (χ4v) is 2.27. The number of hydrogen-bond acceptors (Lipinski definition) is 2. The second kappa shape index (κ2) is 5.28. The number of benzene rings is 1. The van der Waals surface area contributed by atoms with Gasteiger partial charge in [-0.2, -0.15) is 0 Å². The maximum Gasteiger partial charge on any atom is 0.253 e. The molecular formula is C16H15N3O2. The normalized spacial score (nSPS) is 10.7. The molecule has 0 saturated heterocycles. The van der Waals surface area contributed by atoms with Gasteiger partial charge in [-0.3, -0.25) is 9.59 Å². The highest BCUT2D eigenvalue weighted by molar-refractivity contribution is 5.93. The van der Waals surface area contributed by atoms with Crippen LogP contribution in [0.5, 0.6) is 0 Å². The fraction of sp³-hybridized carbons (Fsp3) is 0.125. The first kappa shape index (κ1) is 13.2. The predicted octanol–water partition coefficient (Wildman–Crippen LogP) is 2.09. The number of H-pyrrole nitrogens is 2. The van der Waals surface area contributed by atoms with Gasteiger partial charge in [-0.15, -0.1) is 0 Å². The average Bonchev–Trinajstić information content (AvgIpc) is 2.84. The lowest BCUT2D eigenvalue weighted by Crippen LogP contribution is -2.23. The third kappa shape index (κ3) is 2.86. The number of fused-ring (bicyclic) bond motifs is 1. The number of rotatable bonds is 3. The van der Waals surface area contributed by atoms with E-state index in [1.807, 2.05) is 25.1 Å². The van der Waals surface area contributed by atoms with Gasteiger partial charge < -0.3 is 15.3 Å². The number of carbonyl (C=O) groups is 1. The lowest BCUT2D eigenvalue weighted by atomic mass is 10.1. The van der Waals surface area contributed by atoms with Crippen molar-refractivity contribution in [1.29, 1.82) is 0 Å². The molecule has 0 spiro atoms. The van der Waals surface area contributed by atoms with Gasteiger partial charge in [0.15, 0.2) is 0 Å². The molecule has 0 aliphatic heterocycles. The maximum absolute atomic E-state index is 12.0. The van der Waals surface area contributed by atoms with Crippen LogP contribution >= 0.6 is 0 Å². The van der Waals surface area contributed by atoms with Crippen molar-refractivity contribution in [3.8, 4) is 0 Å². The Kier molecular flexibility index (Phi) is 3.31. The summed E-state index contributed by atoms with van der Waals surface area (Å²) in [6.45, 7) is 2.45. The smallest absolute Gasteiger partial charge is 0.253 e. The Morgan fingerprint density at radius 1 is 1.19 bits per heavy atom. The summed E-state index contributed by atoms with van der Waals surface area (Å²) < 4.78 is 0. The molecular weight excluding hydrogens is 266 g/mol. The number of hydrogen-bond donors (Lipinski definition) is 3. The zero-order chi connectivity index (χ0) is 14.8. The molecule has 0 unspecified atom stereocenters. The zero-order valence-electron chi connectivity index (χ0n) is 11.6. The molecule has 3 aromatic rings. The molecule has 2 aromatic heterocycles. The van der Waals surface area contributed by atoms with E-state index in [9.17, 15) is 9.59 Å². The highest BCUT2D eigenvalue weighted by atomic mass is 16.1. The maximum atomic E-state index is 12.0. The molecule has 21 heavy (non-hydrogen) atoms. The molecule has 2 heterocycles. The number of aromatic nitrogens is 2. The molecule has 3 N–H and O–H groups in total. The van der Waals surface area contributed by atoms with Crippen LogP contribution in [0.15, 0.2) is 47.4 Å². The second-order valence-corrected chi connectivity index (χ2v) is 5.00. The number of nitrogens with one attached hydrogen (secondary N) is 3. The summed E-state index contributed by atoms with van der Waals surface area (Å²) in [5, 5.41) is 3.96. The van der Waals surface area contributed by atoms with Crippen molar-refractivity contribution in [3.05, 3.63) is 69.8 Å². The molecule has 3 rings (SSSR count). The van der Waals surface area contributed by atoms with Gasteiger partial charge in [0, 0.05) is 30.0 Å². The molecule has 0 atom stereocenters. The second-order valence-electron chi connectivity index (χ2n) is 5.00. The summed E-state index contributed by atoms with van der Waals surface area (Å²) in [6, 6.07) is 10.9. The Bertz CT molecular complexity index is 841. The standard InChI is InChI=1S/C16H15N3O2/c1-10-6-13-7-11(2-4-14(13)19-10)8-18-16(21)12-3-5-15(20)17-9-12/h2-7,9,19H,8H2,1H3,(H,17,20)(H,18,21). The quantitative estimate of drug-likeness (QED) is 0.687. The summed E-state index contributed by atoms with van der Waals surface area (Å²) in [6.07, 6.45) is 1.41. The van der Waals surface area contributed by atoms with Crippen molar-refractivity contribution in [3.63, 3.8) is 0 Å². The van der Waals surface area contributed by atoms with Crippen molar-refractivity contribution < 1.29 is 4.79 Å². The fourth-order valence-electron chi connectivity index (χ4n) is 2.27. The van der Waals surface area contributed by atoms with Gasteiger partial charge in [-0.1, -0.05) is 6.07 Å². The van der Waals surface area contributed by atoms with Crippen LogP contribution in [0.3, 0.4) is 0 Å². The molecule has 5 heteroatoms. The largest absolute Gasteiger partial charge is 0.359 e. The van der Waals surface area contributed by atoms with E-state index in [1.165, 1.54) is 18.3 Å². The Hall–Kier alpha value is -2.82.